The highest BCUT2D eigenvalue weighted by molar-refractivity contribution is 6.03. The lowest BCUT2D eigenvalue weighted by atomic mass is 9.98. The monoisotopic (exact) mass is 474 g/mol. The maximum atomic E-state index is 13.1. The van der Waals surface area contributed by atoms with Crippen LogP contribution < -0.4 is 10.5 Å². The number of amides is 1. The predicted octanol–water partition coefficient (Wildman–Crippen LogP) is 3.72. The van der Waals surface area contributed by atoms with Gasteiger partial charge in [0.25, 0.3) is 11.6 Å². The van der Waals surface area contributed by atoms with Crippen LogP contribution in [0, 0.1) is 10.1 Å². The Hall–Kier alpha value is -4.73. The van der Waals surface area contributed by atoms with E-state index in [0.717, 1.165) is 29.0 Å². The number of hydrazone groups is 1. The fraction of sp³-hybridized carbons (Fsp3) is 0.160. The zero-order valence-electron chi connectivity index (χ0n) is 18.8. The average Bonchev–Trinajstić information content (AvgIpc) is 3.33. The van der Waals surface area contributed by atoms with E-state index < -0.39 is 29.4 Å². The van der Waals surface area contributed by atoms with Crippen molar-refractivity contribution in [3.63, 3.8) is 0 Å². The number of hydrogen-bond acceptors (Lipinski definition) is 8. The van der Waals surface area contributed by atoms with E-state index in [1.54, 1.807) is 19.2 Å². The molecule has 0 radical (unpaired) electrons. The Morgan fingerprint density at radius 2 is 1.83 bits per heavy atom. The molecule has 0 aliphatic carbocycles. The lowest BCUT2D eigenvalue weighted by Gasteiger charge is -2.22. The van der Waals surface area contributed by atoms with E-state index in [2.05, 4.69) is 5.10 Å². The molecule has 0 spiro atoms. The van der Waals surface area contributed by atoms with E-state index >= 15 is 0 Å². The number of anilines is 1. The van der Waals surface area contributed by atoms with Gasteiger partial charge in [0, 0.05) is 18.6 Å². The molecule has 178 valence electrons. The lowest BCUT2D eigenvalue weighted by Crippen LogP contribution is -2.31. The molecule has 3 aromatic rings. The average molecular weight is 474 g/mol. The second-order valence-corrected chi connectivity index (χ2v) is 7.75. The number of nitrogens with two attached hydrogens (primary N) is 1. The Morgan fingerprint density at radius 3 is 2.46 bits per heavy atom. The van der Waals surface area contributed by atoms with Gasteiger partial charge in [-0.25, -0.2) is 9.80 Å². The molecule has 10 nitrogen and oxygen atoms in total. The molecule has 1 amide bonds. The molecule has 1 unspecified atom stereocenters. The molecule has 1 heterocycles. The van der Waals surface area contributed by atoms with Crippen molar-refractivity contribution in [3.05, 3.63) is 99.6 Å². The van der Waals surface area contributed by atoms with Crippen LogP contribution in [0.25, 0.3) is 0 Å². The van der Waals surface area contributed by atoms with Crippen LogP contribution in [0.3, 0.4) is 0 Å². The Bertz CT molecular complexity index is 1290. The van der Waals surface area contributed by atoms with Gasteiger partial charge in [0.05, 0.1) is 35.0 Å². The van der Waals surface area contributed by atoms with E-state index in [4.69, 9.17) is 15.2 Å². The van der Waals surface area contributed by atoms with Gasteiger partial charge >= 0.3 is 5.97 Å². The highest BCUT2D eigenvalue weighted by Gasteiger charge is 2.33. The zero-order chi connectivity index (χ0) is 24.9. The van der Waals surface area contributed by atoms with E-state index in [-0.39, 0.29) is 16.9 Å². The normalized spacial score (nSPS) is 14.8. The van der Waals surface area contributed by atoms with Crippen molar-refractivity contribution in [1.82, 2.24) is 5.01 Å². The van der Waals surface area contributed by atoms with Gasteiger partial charge in [-0.2, -0.15) is 5.10 Å². The molecule has 2 N–H and O–H groups in total. The first-order valence-corrected chi connectivity index (χ1v) is 10.7. The standard InChI is InChI=1S/C25H22N4O6/c1-34-19-10-7-17(8-11-19)23-14-22(16-5-3-2-4-6-16)27-28(23)24(30)15-35-25(31)20-12-9-18(29(32)33)13-21(20)26/h2-13,23H,14-15,26H2,1H3. The van der Waals surface area contributed by atoms with E-state index in [9.17, 15) is 19.7 Å². The summed E-state index contributed by atoms with van der Waals surface area (Å²) < 4.78 is 10.4. The number of carbonyl (C=O) groups is 2. The summed E-state index contributed by atoms with van der Waals surface area (Å²) in [6.07, 6.45) is 0.478. The highest BCUT2D eigenvalue weighted by Crippen LogP contribution is 2.33. The van der Waals surface area contributed by atoms with Crippen LogP contribution in [0.2, 0.25) is 0 Å². The first-order valence-electron chi connectivity index (χ1n) is 10.7. The molecule has 1 aliphatic rings. The molecule has 0 saturated heterocycles. The third kappa shape index (κ3) is 5.11. The van der Waals surface area contributed by atoms with Crippen LogP contribution in [0.4, 0.5) is 11.4 Å². The van der Waals surface area contributed by atoms with Crippen molar-refractivity contribution in [2.75, 3.05) is 19.5 Å². The summed E-state index contributed by atoms with van der Waals surface area (Å²) in [5.74, 6) is -0.702. The summed E-state index contributed by atoms with van der Waals surface area (Å²) in [6, 6.07) is 19.8. The number of nitro groups is 1. The number of benzene rings is 3. The number of nitro benzene ring substituents is 1. The van der Waals surface area contributed by atoms with Crippen molar-refractivity contribution in [1.29, 1.82) is 0 Å². The zero-order valence-corrected chi connectivity index (χ0v) is 18.8. The number of rotatable bonds is 7. The molecule has 1 atom stereocenters. The number of hydrogen-bond donors (Lipinski definition) is 1. The van der Waals surface area contributed by atoms with E-state index in [1.165, 1.54) is 11.1 Å². The van der Waals surface area contributed by atoms with Crippen LogP contribution in [0.15, 0.2) is 77.9 Å². The smallest absolute Gasteiger partial charge is 0.340 e. The topological polar surface area (TPSA) is 137 Å². The molecule has 10 heteroatoms. The van der Waals surface area contributed by atoms with E-state index in [0.29, 0.717) is 12.2 Å². The number of methoxy groups -OCH3 is 1. The molecule has 4 rings (SSSR count). The van der Waals surface area contributed by atoms with Crippen molar-refractivity contribution in [2.24, 2.45) is 5.10 Å². The third-order valence-electron chi connectivity index (χ3n) is 5.57. The minimum Gasteiger partial charge on any atom is -0.497 e. The van der Waals surface area contributed by atoms with Crippen LogP contribution in [-0.2, 0) is 9.53 Å². The van der Waals surface area contributed by atoms with Gasteiger partial charge in [0.15, 0.2) is 6.61 Å². The van der Waals surface area contributed by atoms with Crippen molar-refractivity contribution < 1.29 is 24.0 Å². The number of ether oxygens (including phenoxy) is 2. The first kappa shape index (κ1) is 23.4. The van der Waals surface area contributed by atoms with E-state index in [1.807, 2.05) is 42.5 Å². The number of non-ortho nitro benzene ring substituents is 1. The fourth-order valence-electron chi connectivity index (χ4n) is 3.75. The first-order chi connectivity index (χ1) is 16.9. The van der Waals surface area contributed by atoms with Crippen LogP contribution in [-0.4, -0.2) is 41.2 Å². The van der Waals surface area contributed by atoms with Crippen molar-refractivity contribution in [2.45, 2.75) is 12.5 Å². The van der Waals surface area contributed by atoms with Crippen LogP contribution in [0.5, 0.6) is 5.75 Å². The Balaban J connectivity index is 1.53. The summed E-state index contributed by atoms with van der Waals surface area (Å²) >= 11 is 0. The van der Waals surface area contributed by atoms with Gasteiger partial charge in [-0.05, 0) is 29.3 Å². The molecule has 0 aromatic heterocycles. The van der Waals surface area contributed by atoms with Crippen LogP contribution in [0.1, 0.15) is 33.9 Å². The maximum absolute atomic E-state index is 13.1. The van der Waals surface area contributed by atoms with Gasteiger partial charge in [0.1, 0.15) is 5.75 Å². The molecule has 0 bridgehead atoms. The highest BCUT2D eigenvalue weighted by atomic mass is 16.6. The second kappa shape index (κ2) is 10.0. The molecule has 35 heavy (non-hydrogen) atoms. The SMILES string of the molecule is COc1ccc(C2CC(c3ccccc3)=NN2C(=O)COC(=O)c2ccc([N+](=O)[O-])cc2N)cc1. The number of esters is 1. The summed E-state index contributed by atoms with van der Waals surface area (Å²) in [6.45, 7) is -0.576. The van der Waals surface area contributed by atoms with Crippen molar-refractivity contribution in [3.8, 4) is 5.75 Å². The lowest BCUT2D eigenvalue weighted by molar-refractivity contribution is -0.384. The Morgan fingerprint density at radius 1 is 1.11 bits per heavy atom. The summed E-state index contributed by atoms with van der Waals surface area (Å²) in [5.41, 5.74) is 7.79. The van der Waals surface area contributed by atoms with Gasteiger partial charge in [-0.1, -0.05) is 42.5 Å². The summed E-state index contributed by atoms with van der Waals surface area (Å²) in [5, 5.41) is 16.7. The minimum atomic E-state index is -0.863. The maximum Gasteiger partial charge on any atom is 0.340 e. The molecule has 3 aromatic carbocycles. The minimum absolute atomic E-state index is 0.0648. The Labute approximate surface area is 200 Å². The van der Waals surface area contributed by atoms with Crippen molar-refractivity contribution >= 4 is 29.0 Å². The quantitative estimate of drug-likeness (QED) is 0.238. The summed E-state index contributed by atoms with van der Waals surface area (Å²) in [7, 11) is 1.57. The third-order valence-corrected chi connectivity index (χ3v) is 5.57. The largest absolute Gasteiger partial charge is 0.497 e. The Kier molecular flexibility index (Phi) is 6.72. The second-order valence-electron chi connectivity index (χ2n) is 7.75. The number of nitrogen functional groups attached to an aromatic ring is 1. The fourth-order valence-corrected chi connectivity index (χ4v) is 3.75. The molecule has 0 fully saturated rings. The molecular formula is C25H22N4O6. The van der Waals surface area contributed by atoms with Gasteiger partial charge in [-0.3, -0.25) is 14.9 Å². The van der Waals surface area contributed by atoms with Gasteiger partial charge < -0.3 is 15.2 Å². The predicted molar refractivity (Wildman–Crippen MR) is 128 cm³/mol. The van der Waals surface area contributed by atoms with Gasteiger partial charge in [0.2, 0.25) is 0 Å². The number of nitrogens with zero attached hydrogens (tertiary/aromatic N) is 3. The van der Waals surface area contributed by atoms with Crippen LogP contribution >= 0.6 is 0 Å². The number of carbonyl (C=O) groups excluding carboxylic acids is 2. The molecular weight excluding hydrogens is 452 g/mol. The molecule has 1 aliphatic heterocycles. The van der Waals surface area contributed by atoms with Gasteiger partial charge in [-0.15, -0.1) is 0 Å². The summed E-state index contributed by atoms with van der Waals surface area (Å²) in [4.78, 5) is 35.8. The molecule has 0 saturated carbocycles.